The summed E-state index contributed by atoms with van der Waals surface area (Å²) in [6, 6.07) is 2.70. The summed E-state index contributed by atoms with van der Waals surface area (Å²) in [5, 5.41) is 11.5. The van der Waals surface area contributed by atoms with Crippen molar-refractivity contribution >= 4 is 23.2 Å². The van der Waals surface area contributed by atoms with E-state index in [1.807, 2.05) is 13.0 Å². The van der Waals surface area contributed by atoms with Gasteiger partial charge in [0.2, 0.25) is 0 Å². The molecule has 1 aromatic rings. The molecule has 0 spiro atoms. The second-order valence-electron chi connectivity index (χ2n) is 3.94. The van der Waals surface area contributed by atoms with Crippen molar-refractivity contribution in [3.8, 4) is 0 Å². The number of carbonyl (C=O) groups is 2. The van der Waals surface area contributed by atoms with Crippen molar-refractivity contribution in [2.45, 2.75) is 26.8 Å². The Labute approximate surface area is 98.3 Å². The van der Waals surface area contributed by atoms with E-state index in [2.05, 4.69) is 5.32 Å². The molecule has 0 unspecified atom stereocenters. The van der Waals surface area contributed by atoms with E-state index in [0.29, 0.717) is 4.88 Å². The number of carbonyl (C=O) groups excluding carboxylic acids is 1. The normalized spacial score (nSPS) is 12.5. The van der Waals surface area contributed by atoms with Crippen molar-refractivity contribution in [3.05, 3.63) is 21.9 Å². The van der Waals surface area contributed by atoms with Gasteiger partial charge in [-0.15, -0.1) is 11.3 Å². The molecule has 0 aliphatic heterocycles. The molecule has 0 aliphatic rings. The Morgan fingerprint density at radius 3 is 2.38 bits per heavy atom. The van der Waals surface area contributed by atoms with Gasteiger partial charge in [-0.25, -0.2) is 4.79 Å². The van der Waals surface area contributed by atoms with Crippen molar-refractivity contribution in [2.24, 2.45) is 5.92 Å². The monoisotopic (exact) mass is 241 g/mol. The van der Waals surface area contributed by atoms with Gasteiger partial charge in [-0.05, 0) is 25.0 Å². The number of rotatable bonds is 4. The van der Waals surface area contributed by atoms with Crippen molar-refractivity contribution < 1.29 is 14.7 Å². The maximum atomic E-state index is 11.7. The molecule has 0 aromatic carbocycles. The summed E-state index contributed by atoms with van der Waals surface area (Å²) in [7, 11) is 0. The number of hydrogen-bond acceptors (Lipinski definition) is 3. The summed E-state index contributed by atoms with van der Waals surface area (Å²) in [4.78, 5) is 24.2. The third-order valence-corrected chi connectivity index (χ3v) is 3.18. The molecule has 1 amide bonds. The summed E-state index contributed by atoms with van der Waals surface area (Å²) in [5.41, 5.74) is 0. The zero-order chi connectivity index (χ0) is 12.3. The highest BCUT2D eigenvalue weighted by Gasteiger charge is 2.24. The molecule has 4 nitrogen and oxygen atoms in total. The van der Waals surface area contributed by atoms with Gasteiger partial charge in [0.05, 0.1) is 4.88 Å². The highest BCUT2D eigenvalue weighted by atomic mass is 32.1. The molecule has 0 radical (unpaired) electrons. The van der Waals surface area contributed by atoms with Gasteiger partial charge in [-0.2, -0.15) is 0 Å². The Kier molecular flexibility index (Phi) is 4.06. The van der Waals surface area contributed by atoms with Gasteiger partial charge in [0, 0.05) is 4.88 Å². The van der Waals surface area contributed by atoms with E-state index in [-0.39, 0.29) is 11.8 Å². The van der Waals surface area contributed by atoms with Crippen LogP contribution in [0.2, 0.25) is 0 Å². The minimum absolute atomic E-state index is 0.137. The quantitative estimate of drug-likeness (QED) is 0.846. The van der Waals surface area contributed by atoms with E-state index < -0.39 is 12.0 Å². The maximum Gasteiger partial charge on any atom is 0.326 e. The van der Waals surface area contributed by atoms with Crippen LogP contribution in [0.3, 0.4) is 0 Å². The zero-order valence-electron chi connectivity index (χ0n) is 9.48. The first-order valence-corrected chi connectivity index (χ1v) is 5.83. The molecule has 88 valence electrons. The molecular formula is C11H15NO3S. The molecule has 0 aliphatic carbocycles. The molecule has 1 rings (SSSR count). The fraction of sp³-hybridized carbons (Fsp3) is 0.455. The van der Waals surface area contributed by atoms with Crippen LogP contribution in [0.5, 0.6) is 0 Å². The fourth-order valence-corrected chi connectivity index (χ4v) is 2.05. The van der Waals surface area contributed by atoms with Crippen LogP contribution in [-0.4, -0.2) is 23.0 Å². The topological polar surface area (TPSA) is 66.4 Å². The molecule has 0 bridgehead atoms. The van der Waals surface area contributed by atoms with E-state index in [1.165, 1.54) is 11.3 Å². The number of thiophene rings is 1. The van der Waals surface area contributed by atoms with E-state index in [1.54, 1.807) is 19.9 Å². The van der Waals surface area contributed by atoms with E-state index >= 15 is 0 Å². The van der Waals surface area contributed by atoms with Crippen LogP contribution >= 0.6 is 11.3 Å². The van der Waals surface area contributed by atoms with Crippen LogP contribution in [0, 0.1) is 12.8 Å². The highest BCUT2D eigenvalue weighted by molar-refractivity contribution is 7.13. The van der Waals surface area contributed by atoms with Crippen molar-refractivity contribution in [1.82, 2.24) is 5.32 Å². The van der Waals surface area contributed by atoms with Gasteiger partial charge in [0.25, 0.3) is 5.91 Å². The first-order chi connectivity index (χ1) is 7.41. The number of aryl methyl sites for hydroxylation is 1. The molecule has 1 heterocycles. The minimum atomic E-state index is -1.00. The molecule has 0 saturated heterocycles. The van der Waals surface area contributed by atoms with Crippen LogP contribution in [0.15, 0.2) is 12.1 Å². The number of amides is 1. The van der Waals surface area contributed by atoms with Crippen molar-refractivity contribution in [1.29, 1.82) is 0 Å². The van der Waals surface area contributed by atoms with E-state index in [9.17, 15) is 9.59 Å². The first kappa shape index (κ1) is 12.7. The van der Waals surface area contributed by atoms with Gasteiger partial charge < -0.3 is 10.4 Å². The Bertz CT molecular complexity index is 398. The van der Waals surface area contributed by atoms with Gasteiger partial charge in [0.15, 0.2) is 0 Å². The predicted octanol–water partition coefficient (Wildman–Crippen LogP) is 1.90. The summed E-state index contributed by atoms with van der Waals surface area (Å²) in [5.74, 6) is -1.46. The lowest BCUT2D eigenvalue weighted by Crippen LogP contribution is -2.44. The Morgan fingerprint density at radius 2 is 2.00 bits per heavy atom. The summed E-state index contributed by atoms with van der Waals surface area (Å²) in [6.07, 6.45) is 0. The van der Waals surface area contributed by atoms with Crippen molar-refractivity contribution in [3.63, 3.8) is 0 Å². The van der Waals surface area contributed by atoms with Crippen LogP contribution < -0.4 is 5.32 Å². The average molecular weight is 241 g/mol. The summed E-state index contributed by atoms with van der Waals surface area (Å²) in [6.45, 7) is 5.43. The number of carboxylic acids is 1. The molecule has 0 fully saturated rings. The van der Waals surface area contributed by atoms with Crippen LogP contribution in [0.4, 0.5) is 0 Å². The molecule has 5 heteroatoms. The highest BCUT2D eigenvalue weighted by Crippen LogP contribution is 2.15. The lowest BCUT2D eigenvalue weighted by Gasteiger charge is -2.17. The van der Waals surface area contributed by atoms with Crippen molar-refractivity contribution in [2.75, 3.05) is 0 Å². The van der Waals surface area contributed by atoms with Gasteiger partial charge >= 0.3 is 5.97 Å². The van der Waals surface area contributed by atoms with E-state index in [4.69, 9.17) is 5.11 Å². The molecule has 16 heavy (non-hydrogen) atoms. The zero-order valence-corrected chi connectivity index (χ0v) is 10.3. The second-order valence-corrected chi connectivity index (χ2v) is 5.23. The minimum Gasteiger partial charge on any atom is -0.480 e. The molecular weight excluding hydrogens is 226 g/mol. The first-order valence-electron chi connectivity index (χ1n) is 5.02. The number of aliphatic carboxylic acids is 1. The smallest absolute Gasteiger partial charge is 0.326 e. The fourth-order valence-electron chi connectivity index (χ4n) is 1.28. The maximum absolute atomic E-state index is 11.7. The second kappa shape index (κ2) is 5.12. The van der Waals surface area contributed by atoms with Gasteiger partial charge in [-0.3, -0.25) is 4.79 Å². The largest absolute Gasteiger partial charge is 0.480 e. The molecule has 1 aromatic heterocycles. The lowest BCUT2D eigenvalue weighted by atomic mass is 10.0. The Morgan fingerprint density at radius 1 is 1.38 bits per heavy atom. The van der Waals surface area contributed by atoms with Crippen LogP contribution in [-0.2, 0) is 4.79 Å². The third kappa shape index (κ3) is 3.06. The number of nitrogens with one attached hydrogen (secondary N) is 1. The predicted molar refractivity (Wildman–Crippen MR) is 62.8 cm³/mol. The molecule has 1 atom stereocenters. The van der Waals surface area contributed by atoms with Crippen LogP contribution in [0.1, 0.15) is 28.4 Å². The van der Waals surface area contributed by atoms with Crippen LogP contribution in [0.25, 0.3) is 0 Å². The molecule has 0 saturated carbocycles. The van der Waals surface area contributed by atoms with Gasteiger partial charge in [-0.1, -0.05) is 13.8 Å². The summed E-state index contributed by atoms with van der Waals surface area (Å²) < 4.78 is 0. The standard InChI is InChI=1S/C11H15NO3S/c1-6(2)9(11(14)15)12-10(13)8-5-4-7(3)16-8/h4-6,9H,1-3H3,(H,12,13)(H,14,15)/t9-/m0/s1. The average Bonchev–Trinajstić information content (AvgIpc) is 2.59. The summed E-state index contributed by atoms with van der Waals surface area (Å²) >= 11 is 1.36. The molecule has 2 N–H and O–H groups in total. The Hall–Kier alpha value is -1.36. The third-order valence-electron chi connectivity index (χ3n) is 2.18. The Balaban J connectivity index is 2.73. The number of hydrogen-bond donors (Lipinski definition) is 2. The number of carboxylic acid groups (broad SMARTS) is 1. The SMILES string of the molecule is Cc1ccc(C(=O)N[C@H](C(=O)O)C(C)C)s1. The van der Waals surface area contributed by atoms with Gasteiger partial charge in [0.1, 0.15) is 6.04 Å². The van der Waals surface area contributed by atoms with E-state index in [0.717, 1.165) is 4.88 Å². The lowest BCUT2D eigenvalue weighted by molar-refractivity contribution is -0.140.